The highest BCUT2D eigenvalue weighted by molar-refractivity contribution is 5.96. The van der Waals surface area contributed by atoms with Crippen molar-refractivity contribution in [3.05, 3.63) is 29.3 Å². The molecule has 0 aliphatic carbocycles. The number of esters is 1. The number of rotatable bonds is 5. The molecule has 0 radical (unpaired) electrons. The highest BCUT2D eigenvalue weighted by Gasteiger charge is 2.20. The molecular weight excluding hydrogens is 236 g/mol. The monoisotopic (exact) mass is 252 g/mol. The van der Waals surface area contributed by atoms with Crippen LogP contribution in [-0.4, -0.2) is 30.3 Å². The number of aliphatic hydroxyl groups is 1. The second-order valence-electron chi connectivity index (χ2n) is 4.10. The largest absolute Gasteiger partial charge is 0.462 e. The van der Waals surface area contributed by atoms with Crippen LogP contribution in [0, 0.1) is 0 Å². The summed E-state index contributed by atoms with van der Waals surface area (Å²) in [6, 6.07) is 4.98. The van der Waals surface area contributed by atoms with Gasteiger partial charge in [-0.15, -0.1) is 0 Å². The second kappa shape index (κ2) is 5.81. The lowest BCUT2D eigenvalue weighted by Crippen LogP contribution is -2.26. The van der Waals surface area contributed by atoms with Crippen LogP contribution < -0.4 is 11.2 Å². The van der Waals surface area contributed by atoms with Gasteiger partial charge in [-0.3, -0.25) is 10.3 Å². The van der Waals surface area contributed by atoms with Gasteiger partial charge in [-0.2, -0.15) is 0 Å². The molecule has 0 saturated carbocycles. The van der Waals surface area contributed by atoms with Gasteiger partial charge in [0.15, 0.2) is 0 Å². The second-order valence-corrected chi connectivity index (χ2v) is 4.10. The maximum absolute atomic E-state index is 11.9. The summed E-state index contributed by atoms with van der Waals surface area (Å²) >= 11 is 0. The third kappa shape index (κ3) is 2.79. The van der Waals surface area contributed by atoms with Crippen molar-refractivity contribution in [3.8, 4) is 0 Å². The number of carbonyl (C=O) groups excluding carboxylic acids is 1. The van der Waals surface area contributed by atoms with E-state index in [4.69, 9.17) is 20.4 Å². The Morgan fingerprint density at radius 2 is 2.44 bits per heavy atom. The molecule has 2 rings (SSSR count). The van der Waals surface area contributed by atoms with Crippen molar-refractivity contribution in [2.75, 3.05) is 18.7 Å². The van der Waals surface area contributed by atoms with E-state index in [2.05, 4.69) is 5.48 Å². The summed E-state index contributed by atoms with van der Waals surface area (Å²) in [6.07, 6.45) is 0.432. The van der Waals surface area contributed by atoms with Crippen molar-refractivity contribution >= 4 is 11.7 Å². The Balaban J connectivity index is 1.95. The zero-order valence-corrected chi connectivity index (χ0v) is 9.89. The lowest BCUT2D eigenvalue weighted by molar-refractivity contribution is 0.0486. The Labute approximate surface area is 105 Å². The van der Waals surface area contributed by atoms with Crippen molar-refractivity contribution in [1.29, 1.82) is 0 Å². The quantitative estimate of drug-likeness (QED) is 0.657. The third-order valence-electron chi connectivity index (χ3n) is 2.73. The van der Waals surface area contributed by atoms with Gasteiger partial charge in [0.05, 0.1) is 24.5 Å². The van der Waals surface area contributed by atoms with Gasteiger partial charge in [0.2, 0.25) is 0 Å². The first kappa shape index (κ1) is 12.8. The number of ether oxygens (including phenoxy) is 1. The summed E-state index contributed by atoms with van der Waals surface area (Å²) < 4.78 is 5.10. The molecule has 0 bridgehead atoms. The normalized spacial score (nSPS) is 14.8. The molecule has 0 aromatic heterocycles. The molecule has 1 aliphatic heterocycles. The van der Waals surface area contributed by atoms with Gasteiger partial charge >= 0.3 is 5.97 Å². The average Bonchev–Trinajstić information content (AvgIpc) is 2.86. The first-order valence-corrected chi connectivity index (χ1v) is 5.75. The van der Waals surface area contributed by atoms with Gasteiger partial charge in [0.1, 0.15) is 6.61 Å². The smallest absolute Gasteiger partial charge is 0.340 e. The summed E-state index contributed by atoms with van der Waals surface area (Å²) in [6.45, 7) is 0.505. The highest BCUT2D eigenvalue weighted by atomic mass is 16.6. The number of aliphatic hydroxyl groups excluding tert-OH is 1. The number of carbonyl (C=O) groups is 1. The molecule has 1 aliphatic rings. The molecule has 0 amide bonds. The van der Waals surface area contributed by atoms with Gasteiger partial charge in [0, 0.05) is 11.6 Å². The molecule has 1 atom stereocenters. The van der Waals surface area contributed by atoms with Crippen LogP contribution in [0.2, 0.25) is 0 Å². The maximum atomic E-state index is 11.9. The standard InChI is InChI=1S/C12H16N2O4/c13-9(6-15)4-5-17-12(16)10-3-1-2-8-7-18-14-11(8)10/h1-3,9,14-15H,4-7,13H2/t9-/m0/s1. The van der Waals surface area contributed by atoms with Crippen molar-refractivity contribution in [2.24, 2.45) is 5.73 Å². The molecule has 1 aromatic carbocycles. The Hall–Kier alpha value is -1.63. The molecule has 0 unspecified atom stereocenters. The maximum Gasteiger partial charge on any atom is 0.340 e. The van der Waals surface area contributed by atoms with Crippen LogP contribution in [0.3, 0.4) is 0 Å². The molecule has 0 fully saturated rings. The zero-order chi connectivity index (χ0) is 13.0. The first-order chi connectivity index (χ1) is 8.72. The minimum atomic E-state index is -0.421. The summed E-state index contributed by atoms with van der Waals surface area (Å²) in [5.74, 6) is -0.421. The van der Waals surface area contributed by atoms with Crippen LogP contribution in [-0.2, 0) is 16.2 Å². The highest BCUT2D eigenvalue weighted by Crippen LogP contribution is 2.27. The van der Waals surface area contributed by atoms with E-state index in [1.807, 2.05) is 6.07 Å². The van der Waals surface area contributed by atoms with Gasteiger partial charge < -0.3 is 15.6 Å². The summed E-state index contributed by atoms with van der Waals surface area (Å²) in [5, 5.41) is 8.75. The topological polar surface area (TPSA) is 93.8 Å². The molecule has 6 nitrogen and oxygen atoms in total. The summed E-state index contributed by atoms with van der Waals surface area (Å²) in [7, 11) is 0. The Kier molecular flexibility index (Phi) is 4.14. The molecule has 98 valence electrons. The molecule has 6 heteroatoms. The molecule has 4 N–H and O–H groups in total. The SMILES string of the molecule is N[C@H](CO)CCOC(=O)c1cccc2c1NOC2. The lowest BCUT2D eigenvalue weighted by Gasteiger charge is -2.10. The number of hydrogen-bond donors (Lipinski definition) is 3. The van der Waals surface area contributed by atoms with E-state index in [1.54, 1.807) is 12.1 Å². The van der Waals surface area contributed by atoms with Crippen LogP contribution in [0.1, 0.15) is 22.3 Å². The van der Waals surface area contributed by atoms with E-state index in [0.717, 1.165) is 5.56 Å². The van der Waals surface area contributed by atoms with E-state index < -0.39 is 5.97 Å². The number of nitrogens with one attached hydrogen (secondary N) is 1. The van der Waals surface area contributed by atoms with E-state index in [-0.39, 0.29) is 19.3 Å². The summed E-state index contributed by atoms with van der Waals surface area (Å²) in [5.41, 5.74) is 10.2. The number of fused-ring (bicyclic) bond motifs is 1. The van der Waals surface area contributed by atoms with Crippen LogP contribution in [0.4, 0.5) is 5.69 Å². The number of anilines is 1. The number of hydrogen-bond acceptors (Lipinski definition) is 6. The fourth-order valence-electron chi connectivity index (χ4n) is 1.67. The van der Waals surface area contributed by atoms with Gasteiger partial charge in [0.25, 0.3) is 0 Å². The molecule has 0 saturated heterocycles. The van der Waals surface area contributed by atoms with Crippen molar-refractivity contribution in [1.82, 2.24) is 0 Å². The third-order valence-corrected chi connectivity index (χ3v) is 2.73. The van der Waals surface area contributed by atoms with Crippen LogP contribution in [0.25, 0.3) is 0 Å². The number of benzene rings is 1. The average molecular weight is 252 g/mol. The van der Waals surface area contributed by atoms with E-state index in [0.29, 0.717) is 24.3 Å². The minimum absolute atomic E-state index is 0.117. The predicted molar refractivity (Wildman–Crippen MR) is 64.8 cm³/mol. The molecule has 18 heavy (non-hydrogen) atoms. The van der Waals surface area contributed by atoms with Gasteiger partial charge in [-0.05, 0) is 12.5 Å². The fourth-order valence-corrected chi connectivity index (χ4v) is 1.67. The lowest BCUT2D eigenvalue weighted by atomic mass is 10.1. The predicted octanol–water partition coefficient (Wildman–Crippen LogP) is 0.410. The van der Waals surface area contributed by atoms with E-state index in [1.165, 1.54) is 0 Å². The van der Waals surface area contributed by atoms with Crippen LogP contribution in [0.5, 0.6) is 0 Å². The van der Waals surface area contributed by atoms with Crippen LogP contribution in [0.15, 0.2) is 18.2 Å². The Morgan fingerprint density at radius 3 is 3.22 bits per heavy atom. The number of para-hydroxylation sites is 1. The number of nitrogens with two attached hydrogens (primary N) is 1. The van der Waals surface area contributed by atoms with Crippen LogP contribution >= 0.6 is 0 Å². The van der Waals surface area contributed by atoms with E-state index >= 15 is 0 Å². The fraction of sp³-hybridized carbons (Fsp3) is 0.417. The van der Waals surface area contributed by atoms with Gasteiger partial charge in [-0.1, -0.05) is 12.1 Å². The minimum Gasteiger partial charge on any atom is -0.462 e. The Morgan fingerprint density at radius 1 is 1.61 bits per heavy atom. The molecular formula is C12H16N2O4. The van der Waals surface area contributed by atoms with Gasteiger partial charge in [-0.25, -0.2) is 4.79 Å². The first-order valence-electron chi connectivity index (χ1n) is 5.75. The summed E-state index contributed by atoms with van der Waals surface area (Å²) in [4.78, 5) is 16.9. The molecule has 1 aromatic rings. The van der Waals surface area contributed by atoms with E-state index in [9.17, 15) is 4.79 Å². The molecule has 1 heterocycles. The van der Waals surface area contributed by atoms with Crippen molar-refractivity contribution < 1.29 is 19.5 Å². The van der Waals surface area contributed by atoms with Crippen molar-refractivity contribution in [3.63, 3.8) is 0 Å². The zero-order valence-electron chi connectivity index (χ0n) is 9.89. The van der Waals surface area contributed by atoms with Crippen molar-refractivity contribution in [2.45, 2.75) is 19.1 Å². The molecule has 0 spiro atoms. The Bertz CT molecular complexity index is 436.